The van der Waals surface area contributed by atoms with Gasteiger partial charge in [-0.05, 0) is 55.3 Å². The number of nitrogens with zero attached hydrogens (tertiary/aromatic N) is 1. The van der Waals surface area contributed by atoms with E-state index in [4.69, 9.17) is 16.3 Å². The number of esters is 1. The molecule has 0 amide bonds. The number of nitrogens with one attached hydrogen (secondary N) is 2. The average molecular weight is 478 g/mol. The SMILES string of the molecule is CCOC(=O)CNc1ccc(-c2cc(Cl)cc(F)c2NS(=O)(=O)c2cncc(C)c2)cc1. The Kier molecular flexibility index (Phi) is 7.32. The minimum atomic E-state index is -4.09. The highest BCUT2D eigenvalue weighted by Crippen LogP contribution is 2.35. The largest absolute Gasteiger partial charge is 0.465 e. The molecule has 0 radical (unpaired) electrons. The zero-order valence-electron chi connectivity index (χ0n) is 17.4. The maximum atomic E-state index is 14.8. The van der Waals surface area contributed by atoms with Gasteiger partial charge in [0, 0.05) is 28.7 Å². The van der Waals surface area contributed by atoms with Crippen molar-refractivity contribution in [1.82, 2.24) is 4.98 Å². The second-order valence-electron chi connectivity index (χ2n) is 6.85. The van der Waals surface area contributed by atoms with Crippen LogP contribution < -0.4 is 10.0 Å². The van der Waals surface area contributed by atoms with Crippen molar-refractivity contribution in [3.63, 3.8) is 0 Å². The Morgan fingerprint density at radius 3 is 2.53 bits per heavy atom. The molecule has 0 aliphatic carbocycles. The van der Waals surface area contributed by atoms with E-state index in [-0.39, 0.29) is 34.3 Å². The van der Waals surface area contributed by atoms with Crippen LogP contribution in [0.5, 0.6) is 0 Å². The molecule has 0 bridgehead atoms. The molecule has 0 aliphatic heterocycles. The number of sulfonamides is 1. The number of pyridine rings is 1. The summed E-state index contributed by atoms with van der Waals surface area (Å²) in [4.78, 5) is 15.3. The maximum absolute atomic E-state index is 14.8. The summed E-state index contributed by atoms with van der Waals surface area (Å²) in [5, 5.41) is 3.03. The number of halogens is 2. The molecule has 0 saturated heterocycles. The van der Waals surface area contributed by atoms with E-state index >= 15 is 0 Å². The molecule has 32 heavy (non-hydrogen) atoms. The number of carbonyl (C=O) groups is 1. The molecule has 0 spiro atoms. The van der Waals surface area contributed by atoms with Crippen molar-refractivity contribution in [2.75, 3.05) is 23.2 Å². The van der Waals surface area contributed by atoms with E-state index in [2.05, 4.69) is 15.0 Å². The van der Waals surface area contributed by atoms with Crippen LogP contribution in [0, 0.1) is 12.7 Å². The van der Waals surface area contributed by atoms with E-state index in [1.807, 2.05) is 0 Å². The van der Waals surface area contributed by atoms with Crippen LogP contribution in [-0.4, -0.2) is 32.5 Å². The fraction of sp³-hybridized carbons (Fsp3) is 0.182. The van der Waals surface area contributed by atoms with Crippen molar-refractivity contribution in [1.29, 1.82) is 0 Å². The standard InChI is InChI=1S/C22H21ClFN3O4S/c1-3-31-21(28)13-26-17-6-4-15(5-7-17)19-9-16(23)10-20(24)22(19)27-32(29,30)18-8-14(2)11-25-12-18/h4-12,26-27H,3,13H2,1-2H3. The molecule has 0 aliphatic rings. The van der Waals surface area contributed by atoms with Crippen LogP contribution in [0.15, 0.2) is 59.8 Å². The van der Waals surface area contributed by atoms with Crippen molar-refractivity contribution in [2.24, 2.45) is 0 Å². The van der Waals surface area contributed by atoms with Crippen LogP contribution in [0.2, 0.25) is 5.02 Å². The van der Waals surface area contributed by atoms with Crippen LogP contribution in [0.1, 0.15) is 12.5 Å². The van der Waals surface area contributed by atoms with Gasteiger partial charge < -0.3 is 10.1 Å². The van der Waals surface area contributed by atoms with Gasteiger partial charge in [0.15, 0.2) is 0 Å². The lowest BCUT2D eigenvalue weighted by Crippen LogP contribution is -2.16. The number of hydrogen-bond acceptors (Lipinski definition) is 6. The van der Waals surface area contributed by atoms with Gasteiger partial charge in [0.25, 0.3) is 10.0 Å². The topological polar surface area (TPSA) is 97.4 Å². The van der Waals surface area contributed by atoms with Crippen molar-refractivity contribution in [3.05, 3.63) is 71.3 Å². The lowest BCUT2D eigenvalue weighted by atomic mass is 10.0. The Labute approximate surface area is 190 Å². The van der Waals surface area contributed by atoms with Gasteiger partial charge in [-0.2, -0.15) is 0 Å². The summed E-state index contributed by atoms with van der Waals surface area (Å²) in [5.41, 5.74) is 1.83. The smallest absolute Gasteiger partial charge is 0.325 e. The Morgan fingerprint density at radius 1 is 1.16 bits per heavy atom. The third-order valence-corrected chi connectivity index (χ3v) is 5.92. The molecule has 10 heteroatoms. The first-order chi connectivity index (χ1) is 15.2. The lowest BCUT2D eigenvalue weighted by molar-refractivity contribution is -0.140. The monoisotopic (exact) mass is 477 g/mol. The second-order valence-corrected chi connectivity index (χ2v) is 8.97. The van der Waals surface area contributed by atoms with Crippen LogP contribution in [0.3, 0.4) is 0 Å². The predicted molar refractivity (Wildman–Crippen MR) is 122 cm³/mol. The number of benzene rings is 2. The third-order valence-electron chi connectivity index (χ3n) is 4.39. The highest BCUT2D eigenvalue weighted by Gasteiger charge is 2.21. The Bertz CT molecular complexity index is 1230. The summed E-state index contributed by atoms with van der Waals surface area (Å²) in [7, 11) is -4.09. The molecule has 2 N–H and O–H groups in total. The number of rotatable bonds is 8. The van der Waals surface area contributed by atoms with Crippen molar-refractivity contribution in [3.8, 4) is 11.1 Å². The molecule has 1 heterocycles. The van der Waals surface area contributed by atoms with Crippen molar-refractivity contribution >= 4 is 39.0 Å². The van der Waals surface area contributed by atoms with Gasteiger partial charge in [-0.15, -0.1) is 0 Å². The van der Waals surface area contributed by atoms with Crippen LogP contribution >= 0.6 is 11.6 Å². The number of aryl methyl sites for hydroxylation is 1. The molecule has 3 rings (SSSR count). The summed E-state index contributed by atoms with van der Waals surface area (Å²) in [5.74, 6) is -1.21. The normalized spacial score (nSPS) is 11.1. The molecule has 168 valence electrons. The molecule has 0 saturated carbocycles. The van der Waals surface area contributed by atoms with Crippen molar-refractivity contribution < 1.29 is 22.3 Å². The molecule has 7 nitrogen and oxygen atoms in total. The highest BCUT2D eigenvalue weighted by atomic mass is 35.5. The molecule has 2 aromatic carbocycles. The summed E-state index contributed by atoms with van der Waals surface area (Å²) in [6, 6.07) is 10.6. The average Bonchev–Trinajstić information content (AvgIpc) is 2.74. The fourth-order valence-corrected chi connectivity index (χ4v) is 4.27. The van der Waals surface area contributed by atoms with Gasteiger partial charge in [0.2, 0.25) is 0 Å². The van der Waals surface area contributed by atoms with E-state index in [0.717, 1.165) is 6.07 Å². The predicted octanol–water partition coefficient (Wildman–Crippen LogP) is 4.63. The maximum Gasteiger partial charge on any atom is 0.325 e. The van der Waals surface area contributed by atoms with Gasteiger partial charge in [0.05, 0.1) is 12.3 Å². The first-order valence-corrected chi connectivity index (χ1v) is 11.5. The highest BCUT2D eigenvalue weighted by molar-refractivity contribution is 7.92. The second kappa shape index (κ2) is 9.97. The summed E-state index contributed by atoms with van der Waals surface area (Å²) >= 11 is 6.04. The first kappa shape index (κ1) is 23.5. The molecule has 3 aromatic rings. The number of aromatic nitrogens is 1. The van der Waals surface area contributed by atoms with Gasteiger partial charge in [-0.3, -0.25) is 14.5 Å². The van der Waals surface area contributed by atoms with E-state index in [9.17, 15) is 17.6 Å². The van der Waals surface area contributed by atoms with Gasteiger partial charge in [-0.1, -0.05) is 23.7 Å². The van der Waals surface area contributed by atoms with Gasteiger partial charge in [0.1, 0.15) is 17.3 Å². The van der Waals surface area contributed by atoms with Crippen LogP contribution in [-0.2, 0) is 19.6 Å². The zero-order valence-corrected chi connectivity index (χ0v) is 18.9. The van der Waals surface area contributed by atoms with Crippen molar-refractivity contribution in [2.45, 2.75) is 18.7 Å². The molecule has 1 aromatic heterocycles. The Hall–Kier alpha value is -3.17. The van der Waals surface area contributed by atoms with Gasteiger partial charge in [-0.25, -0.2) is 12.8 Å². The molecule has 0 unspecified atom stereocenters. The van der Waals surface area contributed by atoms with E-state index in [0.29, 0.717) is 16.8 Å². The number of anilines is 2. The van der Waals surface area contributed by atoms with Crippen LogP contribution in [0.25, 0.3) is 11.1 Å². The number of hydrogen-bond donors (Lipinski definition) is 2. The minimum Gasteiger partial charge on any atom is -0.465 e. The molecular weight excluding hydrogens is 457 g/mol. The Morgan fingerprint density at radius 2 is 1.88 bits per heavy atom. The van der Waals surface area contributed by atoms with E-state index in [1.165, 1.54) is 24.5 Å². The molecule has 0 atom stereocenters. The summed E-state index contributed by atoms with van der Waals surface area (Å²) in [6.07, 6.45) is 2.71. The van der Waals surface area contributed by atoms with Crippen LogP contribution in [0.4, 0.5) is 15.8 Å². The zero-order chi connectivity index (χ0) is 23.3. The lowest BCUT2D eigenvalue weighted by Gasteiger charge is -2.15. The summed E-state index contributed by atoms with van der Waals surface area (Å²) < 4.78 is 47.6. The Balaban J connectivity index is 1.92. The fourth-order valence-electron chi connectivity index (χ4n) is 2.93. The molecular formula is C22H21ClFN3O4S. The summed E-state index contributed by atoms with van der Waals surface area (Å²) in [6.45, 7) is 3.71. The first-order valence-electron chi connectivity index (χ1n) is 9.63. The van der Waals surface area contributed by atoms with Gasteiger partial charge >= 0.3 is 5.97 Å². The quantitative estimate of drug-likeness (QED) is 0.459. The molecule has 0 fully saturated rings. The van der Waals surface area contributed by atoms with E-state index < -0.39 is 21.8 Å². The number of carbonyl (C=O) groups excluding carboxylic acids is 1. The minimum absolute atomic E-state index is 0.00540. The number of ether oxygens (including phenoxy) is 1. The third kappa shape index (κ3) is 5.74. The van der Waals surface area contributed by atoms with E-state index in [1.54, 1.807) is 38.1 Å².